The minimum atomic E-state index is 0.328. The molecule has 3 heteroatoms. The van der Waals surface area contributed by atoms with E-state index in [-0.39, 0.29) is 0 Å². The van der Waals surface area contributed by atoms with Crippen LogP contribution in [0.1, 0.15) is 33.6 Å². The second-order valence-corrected chi connectivity index (χ2v) is 4.89. The van der Waals surface area contributed by atoms with Gasteiger partial charge in [0.25, 0.3) is 0 Å². The van der Waals surface area contributed by atoms with Crippen molar-refractivity contribution < 1.29 is 4.74 Å². The first kappa shape index (κ1) is 12.9. The summed E-state index contributed by atoms with van der Waals surface area (Å²) in [6.07, 6.45) is 2.98. The van der Waals surface area contributed by atoms with Gasteiger partial charge in [0.1, 0.15) is 0 Å². The van der Waals surface area contributed by atoms with E-state index in [0.29, 0.717) is 18.2 Å². The van der Waals surface area contributed by atoms with Crippen molar-refractivity contribution >= 4 is 0 Å². The van der Waals surface area contributed by atoms with Gasteiger partial charge < -0.3 is 10.1 Å². The first-order valence-electron chi connectivity index (χ1n) is 6.13. The van der Waals surface area contributed by atoms with Crippen molar-refractivity contribution in [2.45, 2.75) is 51.8 Å². The first-order valence-corrected chi connectivity index (χ1v) is 6.13. The van der Waals surface area contributed by atoms with Crippen molar-refractivity contribution in [3.63, 3.8) is 0 Å². The summed E-state index contributed by atoms with van der Waals surface area (Å²) < 4.78 is 5.33. The minimum Gasteiger partial charge on any atom is -0.380 e. The monoisotopic (exact) mass is 214 g/mol. The van der Waals surface area contributed by atoms with Gasteiger partial charge in [0.05, 0.1) is 6.10 Å². The Morgan fingerprint density at radius 2 is 2.13 bits per heavy atom. The fourth-order valence-electron chi connectivity index (χ4n) is 2.10. The summed E-state index contributed by atoms with van der Waals surface area (Å²) in [7, 11) is 1.79. The molecule has 0 aliphatic carbocycles. The van der Waals surface area contributed by atoms with E-state index in [9.17, 15) is 0 Å². The van der Waals surface area contributed by atoms with Crippen molar-refractivity contribution in [3.05, 3.63) is 0 Å². The lowest BCUT2D eigenvalue weighted by molar-refractivity contribution is 0.0621. The molecule has 1 N–H and O–H groups in total. The molecule has 3 nitrogen and oxygen atoms in total. The van der Waals surface area contributed by atoms with Gasteiger partial charge in [-0.05, 0) is 40.2 Å². The standard InChI is InChI=1S/C12H26N2O/c1-10(2)14(8-11(3)15-4)9-12-6-5-7-13-12/h10-13H,5-9H2,1-4H3. The first-order chi connectivity index (χ1) is 7.13. The Bertz CT molecular complexity index is 167. The molecule has 0 radical (unpaired) electrons. The Kier molecular flexibility index (Phi) is 5.58. The van der Waals surface area contributed by atoms with Crippen LogP contribution in [-0.2, 0) is 4.74 Å². The van der Waals surface area contributed by atoms with Gasteiger partial charge in [0, 0.05) is 32.3 Å². The molecule has 2 atom stereocenters. The summed E-state index contributed by atoms with van der Waals surface area (Å²) in [5.41, 5.74) is 0. The van der Waals surface area contributed by atoms with Crippen molar-refractivity contribution in [1.82, 2.24) is 10.2 Å². The van der Waals surface area contributed by atoms with Crippen LogP contribution in [0.3, 0.4) is 0 Å². The zero-order valence-electron chi connectivity index (χ0n) is 10.6. The van der Waals surface area contributed by atoms with Gasteiger partial charge in [-0.2, -0.15) is 0 Å². The third kappa shape index (κ3) is 4.49. The van der Waals surface area contributed by atoms with E-state index in [1.807, 2.05) is 0 Å². The Balaban J connectivity index is 2.35. The molecule has 1 saturated heterocycles. The van der Waals surface area contributed by atoms with Gasteiger partial charge in [0.15, 0.2) is 0 Å². The van der Waals surface area contributed by atoms with Crippen LogP contribution in [0.4, 0.5) is 0 Å². The lowest BCUT2D eigenvalue weighted by Gasteiger charge is -2.31. The van der Waals surface area contributed by atoms with Crippen molar-refractivity contribution in [1.29, 1.82) is 0 Å². The molecule has 0 aromatic carbocycles. The molecule has 0 saturated carbocycles. The highest BCUT2D eigenvalue weighted by Crippen LogP contribution is 2.10. The zero-order chi connectivity index (χ0) is 11.3. The number of hydrogen-bond donors (Lipinski definition) is 1. The zero-order valence-corrected chi connectivity index (χ0v) is 10.6. The summed E-state index contributed by atoms with van der Waals surface area (Å²) in [5, 5.41) is 3.55. The number of rotatable bonds is 6. The summed E-state index contributed by atoms with van der Waals surface area (Å²) in [6.45, 7) is 10.0. The highest BCUT2D eigenvalue weighted by Gasteiger charge is 2.20. The average molecular weight is 214 g/mol. The summed E-state index contributed by atoms with van der Waals surface area (Å²) in [6, 6.07) is 1.29. The molecular weight excluding hydrogens is 188 g/mol. The predicted molar refractivity (Wildman–Crippen MR) is 64.2 cm³/mol. The van der Waals surface area contributed by atoms with E-state index < -0.39 is 0 Å². The maximum atomic E-state index is 5.33. The second kappa shape index (κ2) is 6.46. The van der Waals surface area contributed by atoms with Gasteiger partial charge in [-0.25, -0.2) is 0 Å². The van der Waals surface area contributed by atoms with Crippen LogP contribution >= 0.6 is 0 Å². The van der Waals surface area contributed by atoms with Gasteiger partial charge in [-0.1, -0.05) is 0 Å². The molecule has 1 aliphatic heterocycles. The van der Waals surface area contributed by atoms with Gasteiger partial charge in [-0.3, -0.25) is 4.90 Å². The molecule has 0 aromatic heterocycles. The van der Waals surface area contributed by atoms with Crippen molar-refractivity contribution in [2.75, 3.05) is 26.7 Å². The fourth-order valence-corrected chi connectivity index (χ4v) is 2.10. The van der Waals surface area contributed by atoms with E-state index in [2.05, 4.69) is 31.0 Å². The molecule has 0 aromatic rings. The molecule has 90 valence electrons. The number of nitrogens with one attached hydrogen (secondary N) is 1. The Labute approximate surface area is 94.2 Å². The number of methoxy groups -OCH3 is 1. The Morgan fingerprint density at radius 3 is 2.60 bits per heavy atom. The van der Waals surface area contributed by atoms with E-state index in [1.54, 1.807) is 7.11 Å². The topological polar surface area (TPSA) is 24.5 Å². The van der Waals surface area contributed by atoms with Crippen LogP contribution in [-0.4, -0.2) is 49.8 Å². The molecular formula is C12H26N2O. The quantitative estimate of drug-likeness (QED) is 0.725. The Hall–Kier alpha value is -0.120. The molecule has 0 amide bonds. The van der Waals surface area contributed by atoms with Crippen LogP contribution < -0.4 is 5.32 Å². The summed E-state index contributed by atoms with van der Waals surface area (Å²) in [4.78, 5) is 2.51. The van der Waals surface area contributed by atoms with E-state index in [0.717, 1.165) is 13.1 Å². The number of hydrogen-bond acceptors (Lipinski definition) is 3. The molecule has 1 rings (SSSR count). The van der Waals surface area contributed by atoms with Crippen LogP contribution in [0.15, 0.2) is 0 Å². The lowest BCUT2D eigenvalue weighted by atomic mass is 10.2. The average Bonchev–Trinajstić information content (AvgIpc) is 2.69. The SMILES string of the molecule is COC(C)CN(CC1CCCN1)C(C)C. The van der Waals surface area contributed by atoms with Crippen LogP contribution in [0.25, 0.3) is 0 Å². The van der Waals surface area contributed by atoms with E-state index in [1.165, 1.54) is 19.4 Å². The molecule has 1 fully saturated rings. The van der Waals surface area contributed by atoms with Gasteiger partial charge in [-0.15, -0.1) is 0 Å². The maximum Gasteiger partial charge on any atom is 0.0670 e. The third-order valence-electron chi connectivity index (χ3n) is 3.24. The smallest absolute Gasteiger partial charge is 0.0670 e. The van der Waals surface area contributed by atoms with Crippen LogP contribution in [0.2, 0.25) is 0 Å². The summed E-state index contributed by atoms with van der Waals surface area (Å²) in [5.74, 6) is 0. The Morgan fingerprint density at radius 1 is 1.40 bits per heavy atom. The fraction of sp³-hybridized carbons (Fsp3) is 1.00. The highest BCUT2D eigenvalue weighted by molar-refractivity contribution is 4.80. The van der Waals surface area contributed by atoms with Gasteiger partial charge >= 0.3 is 0 Å². The third-order valence-corrected chi connectivity index (χ3v) is 3.24. The number of ether oxygens (including phenoxy) is 1. The molecule has 0 spiro atoms. The van der Waals surface area contributed by atoms with Crippen LogP contribution in [0.5, 0.6) is 0 Å². The highest BCUT2D eigenvalue weighted by atomic mass is 16.5. The van der Waals surface area contributed by atoms with E-state index >= 15 is 0 Å². The van der Waals surface area contributed by atoms with E-state index in [4.69, 9.17) is 4.74 Å². The second-order valence-electron chi connectivity index (χ2n) is 4.89. The molecule has 0 bridgehead atoms. The molecule has 2 unspecified atom stereocenters. The molecule has 15 heavy (non-hydrogen) atoms. The van der Waals surface area contributed by atoms with Crippen molar-refractivity contribution in [2.24, 2.45) is 0 Å². The lowest BCUT2D eigenvalue weighted by Crippen LogP contribution is -2.44. The minimum absolute atomic E-state index is 0.328. The number of nitrogens with zero attached hydrogens (tertiary/aromatic N) is 1. The van der Waals surface area contributed by atoms with Crippen LogP contribution in [0, 0.1) is 0 Å². The summed E-state index contributed by atoms with van der Waals surface area (Å²) >= 11 is 0. The van der Waals surface area contributed by atoms with Gasteiger partial charge in [0.2, 0.25) is 0 Å². The maximum absolute atomic E-state index is 5.33. The molecule has 1 heterocycles. The predicted octanol–water partition coefficient (Wildman–Crippen LogP) is 1.48. The largest absolute Gasteiger partial charge is 0.380 e. The van der Waals surface area contributed by atoms with Crippen molar-refractivity contribution in [3.8, 4) is 0 Å². The normalized spacial score (nSPS) is 24.0. The molecule has 1 aliphatic rings.